The summed E-state index contributed by atoms with van der Waals surface area (Å²) in [6.07, 6.45) is -4.38. The van der Waals surface area contributed by atoms with Gasteiger partial charge in [0.05, 0.1) is 0 Å². The van der Waals surface area contributed by atoms with E-state index in [1.165, 1.54) is 11.3 Å². The van der Waals surface area contributed by atoms with E-state index in [0.29, 0.717) is 6.42 Å². The van der Waals surface area contributed by atoms with Crippen LogP contribution >= 0.6 is 27.3 Å². The van der Waals surface area contributed by atoms with Gasteiger partial charge in [0, 0.05) is 27.2 Å². The number of hydrogen-bond donors (Lipinski definition) is 1. The predicted octanol–water partition coefficient (Wildman–Crippen LogP) is 4.24. The first-order valence-corrected chi connectivity index (χ1v) is 6.12. The van der Waals surface area contributed by atoms with Crippen LogP contribution in [0.3, 0.4) is 0 Å². The molecule has 0 amide bonds. The molecule has 6 heteroatoms. The van der Waals surface area contributed by atoms with Gasteiger partial charge in [0.25, 0.3) is 0 Å². The Kier molecular flexibility index (Phi) is 4.61. The third-order valence-corrected chi connectivity index (χ3v) is 3.75. The second-order valence-corrected chi connectivity index (χ2v) is 5.14. The fourth-order valence-corrected chi connectivity index (χ4v) is 2.67. The zero-order chi connectivity index (χ0) is 11.5. The summed E-state index contributed by atoms with van der Waals surface area (Å²) in [7, 11) is 0. The van der Waals surface area contributed by atoms with Crippen molar-refractivity contribution in [1.82, 2.24) is 0 Å². The van der Waals surface area contributed by atoms with Crippen molar-refractivity contribution >= 4 is 27.3 Å². The SMILES string of the molecule is NC(CCCC(F)(F)F)c1cc(Br)cs1. The molecule has 15 heavy (non-hydrogen) atoms. The minimum atomic E-state index is -4.07. The first-order chi connectivity index (χ1) is 6.88. The normalized spacial score (nSPS) is 14.2. The molecule has 0 aromatic carbocycles. The average molecular weight is 302 g/mol. The van der Waals surface area contributed by atoms with Crippen molar-refractivity contribution in [2.45, 2.75) is 31.5 Å². The molecule has 0 saturated heterocycles. The van der Waals surface area contributed by atoms with Crippen LogP contribution in [0.15, 0.2) is 15.9 Å². The molecule has 86 valence electrons. The summed E-state index contributed by atoms with van der Waals surface area (Å²) in [6.45, 7) is 0. The third kappa shape index (κ3) is 4.99. The molecule has 2 N–H and O–H groups in total. The highest BCUT2D eigenvalue weighted by Crippen LogP contribution is 2.29. The van der Waals surface area contributed by atoms with Crippen molar-refractivity contribution in [3.05, 3.63) is 20.8 Å². The molecule has 1 aromatic rings. The van der Waals surface area contributed by atoms with Crippen molar-refractivity contribution in [3.63, 3.8) is 0 Å². The Balaban J connectivity index is 2.34. The van der Waals surface area contributed by atoms with Gasteiger partial charge >= 0.3 is 6.18 Å². The summed E-state index contributed by atoms with van der Waals surface area (Å²) < 4.78 is 36.5. The molecule has 0 aliphatic carbocycles. The van der Waals surface area contributed by atoms with E-state index in [1.54, 1.807) is 0 Å². The second kappa shape index (κ2) is 5.32. The number of thiophene rings is 1. The van der Waals surface area contributed by atoms with Gasteiger partial charge in [-0.25, -0.2) is 0 Å². The molecule has 1 atom stereocenters. The second-order valence-electron chi connectivity index (χ2n) is 3.28. The van der Waals surface area contributed by atoms with Gasteiger partial charge in [0.15, 0.2) is 0 Å². The fraction of sp³-hybridized carbons (Fsp3) is 0.556. The quantitative estimate of drug-likeness (QED) is 0.884. The highest BCUT2D eigenvalue weighted by Gasteiger charge is 2.26. The van der Waals surface area contributed by atoms with Crippen LogP contribution < -0.4 is 5.73 Å². The van der Waals surface area contributed by atoms with Gasteiger partial charge in [0.2, 0.25) is 0 Å². The van der Waals surface area contributed by atoms with Gasteiger partial charge in [-0.15, -0.1) is 11.3 Å². The molecule has 1 aromatic heterocycles. The van der Waals surface area contributed by atoms with E-state index < -0.39 is 12.6 Å². The first-order valence-electron chi connectivity index (χ1n) is 4.45. The summed E-state index contributed by atoms with van der Waals surface area (Å²) in [5.41, 5.74) is 5.76. The van der Waals surface area contributed by atoms with E-state index in [9.17, 15) is 13.2 Å². The summed E-state index contributed by atoms with van der Waals surface area (Å²) in [5, 5.41) is 1.87. The van der Waals surface area contributed by atoms with E-state index in [-0.39, 0.29) is 12.5 Å². The number of halogens is 4. The predicted molar refractivity (Wildman–Crippen MR) is 58.9 cm³/mol. The Morgan fingerprint density at radius 3 is 2.60 bits per heavy atom. The van der Waals surface area contributed by atoms with Crippen LogP contribution in [0.5, 0.6) is 0 Å². The molecule has 1 heterocycles. The molecule has 0 aliphatic rings. The van der Waals surface area contributed by atoms with Gasteiger partial charge in [0.1, 0.15) is 0 Å². The van der Waals surface area contributed by atoms with E-state index in [2.05, 4.69) is 15.9 Å². The number of nitrogens with two attached hydrogens (primary N) is 1. The molecular weight excluding hydrogens is 291 g/mol. The summed E-state index contributed by atoms with van der Waals surface area (Å²) in [5.74, 6) is 0. The Morgan fingerprint density at radius 1 is 1.47 bits per heavy atom. The van der Waals surface area contributed by atoms with Crippen LogP contribution in [-0.2, 0) is 0 Å². The van der Waals surface area contributed by atoms with Gasteiger partial charge in [-0.1, -0.05) is 0 Å². The Labute approximate surface area is 98.6 Å². The molecule has 1 rings (SSSR count). The van der Waals surface area contributed by atoms with Crippen LogP contribution in [-0.4, -0.2) is 6.18 Å². The smallest absolute Gasteiger partial charge is 0.323 e. The van der Waals surface area contributed by atoms with E-state index >= 15 is 0 Å². The molecule has 0 fully saturated rings. The van der Waals surface area contributed by atoms with Crippen molar-refractivity contribution in [2.24, 2.45) is 5.73 Å². The summed E-state index contributed by atoms with van der Waals surface area (Å²) in [6, 6.07) is 1.56. The van der Waals surface area contributed by atoms with Crippen LogP contribution in [0.2, 0.25) is 0 Å². The first kappa shape index (κ1) is 13.0. The minimum Gasteiger partial charge on any atom is -0.323 e. The fourth-order valence-electron chi connectivity index (χ4n) is 1.19. The lowest BCUT2D eigenvalue weighted by atomic mass is 10.1. The zero-order valence-corrected chi connectivity index (χ0v) is 10.3. The maximum absolute atomic E-state index is 11.9. The number of rotatable bonds is 4. The Bertz CT molecular complexity index is 311. The number of hydrogen-bond acceptors (Lipinski definition) is 2. The molecular formula is C9H11BrF3NS. The van der Waals surface area contributed by atoms with Crippen molar-refractivity contribution in [1.29, 1.82) is 0 Å². The van der Waals surface area contributed by atoms with E-state index in [0.717, 1.165) is 9.35 Å². The van der Waals surface area contributed by atoms with Crippen LogP contribution in [0.25, 0.3) is 0 Å². The molecule has 1 nitrogen and oxygen atoms in total. The lowest BCUT2D eigenvalue weighted by Crippen LogP contribution is -2.12. The van der Waals surface area contributed by atoms with Crippen molar-refractivity contribution in [2.75, 3.05) is 0 Å². The standard InChI is InChI=1S/C9H11BrF3NS/c10-6-4-8(15-5-6)7(14)2-1-3-9(11,12)13/h4-5,7H,1-3,14H2. The maximum Gasteiger partial charge on any atom is 0.389 e. The molecule has 0 bridgehead atoms. The lowest BCUT2D eigenvalue weighted by Gasteiger charge is -2.10. The van der Waals surface area contributed by atoms with Gasteiger partial charge in [-0.2, -0.15) is 13.2 Å². The largest absolute Gasteiger partial charge is 0.389 e. The molecule has 0 saturated carbocycles. The number of alkyl halides is 3. The molecule has 0 radical (unpaired) electrons. The Morgan fingerprint density at radius 2 is 2.13 bits per heavy atom. The van der Waals surface area contributed by atoms with E-state index in [1.807, 2.05) is 11.4 Å². The summed E-state index contributed by atoms with van der Waals surface area (Å²) in [4.78, 5) is 0.920. The molecule has 1 unspecified atom stereocenters. The minimum absolute atomic E-state index is 0.0835. The van der Waals surface area contributed by atoms with Crippen LogP contribution in [0.4, 0.5) is 13.2 Å². The highest BCUT2D eigenvalue weighted by atomic mass is 79.9. The Hall–Kier alpha value is -0.0700. The van der Waals surface area contributed by atoms with Crippen molar-refractivity contribution in [3.8, 4) is 0 Å². The van der Waals surface area contributed by atoms with Crippen molar-refractivity contribution < 1.29 is 13.2 Å². The summed E-state index contributed by atoms with van der Waals surface area (Å²) >= 11 is 4.74. The highest BCUT2D eigenvalue weighted by molar-refractivity contribution is 9.10. The van der Waals surface area contributed by atoms with E-state index in [4.69, 9.17) is 5.73 Å². The third-order valence-electron chi connectivity index (χ3n) is 1.93. The maximum atomic E-state index is 11.9. The lowest BCUT2D eigenvalue weighted by molar-refractivity contribution is -0.135. The average Bonchev–Trinajstić information content (AvgIpc) is 2.49. The van der Waals surface area contributed by atoms with Gasteiger partial charge < -0.3 is 5.73 Å². The molecule has 0 aliphatic heterocycles. The van der Waals surface area contributed by atoms with Crippen LogP contribution in [0, 0.1) is 0 Å². The zero-order valence-electron chi connectivity index (χ0n) is 7.85. The van der Waals surface area contributed by atoms with Crippen LogP contribution in [0.1, 0.15) is 30.2 Å². The topological polar surface area (TPSA) is 26.0 Å². The van der Waals surface area contributed by atoms with Gasteiger partial charge in [-0.3, -0.25) is 0 Å². The molecule has 0 spiro atoms. The van der Waals surface area contributed by atoms with Gasteiger partial charge in [-0.05, 0) is 34.8 Å². The monoisotopic (exact) mass is 301 g/mol.